The maximum atomic E-state index is 12.7. The molecule has 0 spiro atoms. The molecule has 1 aromatic carbocycles. The molecule has 2 N–H and O–H groups in total. The van der Waals surface area contributed by atoms with Crippen molar-refractivity contribution in [2.45, 2.75) is 58.0 Å². The van der Waals surface area contributed by atoms with E-state index in [0.29, 0.717) is 52.2 Å². The van der Waals surface area contributed by atoms with E-state index in [-0.39, 0.29) is 11.5 Å². The van der Waals surface area contributed by atoms with Crippen molar-refractivity contribution >= 4 is 27.5 Å². The lowest BCUT2D eigenvalue weighted by molar-refractivity contribution is 0.0273. The zero-order valence-electron chi connectivity index (χ0n) is 17.9. The minimum absolute atomic E-state index is 0.151. The number of carbonyl (C=O) groups excluding carboxylic acids is 1. The standard InChI is InChI=1S/C24H29N3O3S/c1-16-20-22(28)26-19(15-17-9-4-2-5-10-17)27-24(20)31-21(16)23(29)25-13-8-14-30-18-11-6-3-7-12-18/h2,4-5,9-10,18H,3,6-8,11-15H2,1H3,(H,25,29)(H,26,27,28). The topological polar surface area (TPSA) is 84.1 Å². The van der Waals surface area contributed by atoms with E-state index in [4.69, 9.17) is 4.74 Å². The minimum Gasteiger partial charge on any atom is -0.378 e. The second-order valence-corrected chi connectivity index (χ2v) is 9.15. The number of rotatable bonds is 8. The van der Waals surface area contributed by atoms with E-state index in [1.165, 1.54) is 30.6 Å². The number of amides is 1. The monoisotopic (exact) mass is 439 g/mol. The van der Waals surface area contributed by atoms with Crippen molar-refractivity contribution in [2.75, 3.05) is 13.2 Å². The van der Waals surface area contributed by atoms with E-state index in [1.54, 1.807) is 0 Å². The molecule has 2 heterocycles. The molecule has 0 saturated heterocycles. The smallest absolute Gasteiger partial charge is 0.261 e. The minimum atomic E-state index is -0.190. The van der Waals surface area contributed by atoms with Gasteiger partial charge in [0.1, 0.15) is 10.7 Å². The Labute approximate surface area is 186 Å². The Morgan fingerprint density at radius 3 is 2.77 bits per heavy atom. The summed E-state index contributed by atoms with van der Waals surface area (Å²) in [6.45, 7) is 3.04. The number of aromatic amines is 1. The summed E-state index contributed by atoms with van der Waals surface area (Å²) in [5.74, 6) is 0.457. The molecule has 2 aromatic heterocycles. The molecule has 0 aliphatic heterocycles. The Morgan fingerprint density at radius 1 is 1.23 bits per heavy atom. The van der Waals surface area contributed by atoms with Gasteiger partial charge in [-0.05, 0) is 37.3 Å². The molecule has 7 heteroatoms. The lowest BCUT2D eigenvalue weighted by Gasteiger charge is -2.21. The number of thiophene rings is 1. The fourth-order valence-corrected chi connectivity index (χ4v) is 5.23. The third-order valence-corrected chi connectivity index (χ3v) is 6.97. The molecule has 0 unspecified atom stereocenters. The van der Waals surface area contributed by atoms with E-state index in [9.17, 15) is 9.59 Å². The Kier molecular flexibility index (Phi) is 7.14. The average Bonchev–Trinajstić information content (AvgIpc) is 3.11. The van der Waals surface area contributed by atoms with E-state index in [0.717, 1.165) is 24.8 Å². The zero-order valence-corrected chi connectivity index (χ0v) is 18.7. The number of carbonyl (C=O) groups is 1. The van der Waals surface area contributed by atoms with Gasteiger partial charge in [0.15, 0.2) is 0 Å². The second kappa shape index (κ2) is 10.2. The zero-order chi connectivity index (χ0) is 21.6. The summed E-state index contributed by atoms with van der Waals surface area (Å²) in [6, 6.07) is 9.88. The van der Waals surface area contributed by atoms with Crippen LogP contribution in [0.25, 0.3) is 10.2 Å². The van der Waals surface area contributed by atoms with E-state index in [1.807, 2.05) is 37.3 Å². The highest BCUT2D eigenvalue weighted by Gasteiger charge is 2.19. The summed E-state index contributed by atoms with van der Waals surface area (Å²) in [6.07, 6.45) is 7.85. The first-order valence-electron chi connectivity index (χ1n) is 11.1. The third-order valence-electron chi connectivity index (χ3n) is 5.78. The Balaban J connectivity index is 1.37. The molecular formula is C24H29N3O3S. The quantitative estimate of drug-likeness (QED) is 0.511. The maximum absolute atomic E-state index is 12.7. The average molecular weight is 440 g/mol. The first-order chi connectivity index (χ1) is 15.1. The highest BCUT2D eigenvalue weighted by Crippen LogP contribution is 2.27. The van der Waals surface area contributed by atoms with Crippen molar-refractivity contribution in [2.24, 2.45) is 0 Å². The van der Waals surface area contributed by atoms with Crippen LogP contribution in [0, 0.1) is 6.92 Å². The van der Waals surface area contributed by atoms with Crippen LogP contribution < -0.4 is 10.9 Å². The van der Waals surface area contributed by atoms with Gasteiger partial charge in [0, 0.05) is 19.6 Å². The van der Waals surface area contributed by atoms with Gasteiger partial charge in [0.25, 0.3) is 11.5 Å². The first kappa shape index (κ1) is 21.7. The Morgan fingerprint density at radius 2 is 2.00 bits per heavy atom. The summed E-state index contributed by atoms with van der Waals surface area (Å²) >= 11 is 1.28. The number of ether oxygens (including phenoxy) is 1. The van der Waals surface area contributed by atoms with Gasteiger partial charge in [-0.1, -0.05) is 49.6 Å². The third kappa shape index (κ3) is 5.40. The van der Waals surface area contributed by atoms with Crippen LogP contribution in [0.2, 0.25) is 0 Å². The van der Waals surface area contributed by atoms with Gasteiger partial charge in [0.05, 0.1) is 16.4 Å². The number of hydrogen-bond donors (Lipinski definition) is 2. The second-order valence-electron chi connectivity index (χ2n) is 8.15. The lowest BCUT2D eigenvalue weighted by Crippen LogP contribution is -2.26. The predicted octanol–water partition coefficient (Wildman–Crippen LogP) is 4.35. The highest BCUT2D eigenvalue weighted by atomic mass is 32.1. The molecular weight excluding hydrogens is 410 g/mol. The van der Waals surface area contributed by atoms with E-state index < -0.39 is 0 Å². The number of nitrogens with zero attached hydrogens (tertiary/aromatic N) is 1. The molecule has 1 saturated carbocycles. The van der Waals surface area contributed by atoms with Crippen molar-refractivity contribution in [3.8, 4) is 0 Å². The van der Waals surface area contributed by atoms with Gasteiger partial charge in [-0.3, -0.25) is 9.59 Å². The summed E-state index contributed by atoms with van der Waals surface area (Å²) in [5, 5.41) is 3.47. The van der Waals surface area contributed by atoms with Crippen molar-refractivity contribution in [1.29, 1.82) is 0 Å². The summed E-state index contributed by atoms with van der Waals surface area (Å²) in [7, 11) is 0. The SMILES string of the molecule is Cc1c(C(=O)NCCCOC2CCCCC2)sc2nc(Cc3ccccc3)[nH]c(=O)c12. The van der Waals surface area contributed by atoms with Crippen molar-refractivity contribution in [1.82, 2.24) is 15.3 Å². The molecule has 1 aliphatic rings. The van der Waals surface area contributed by atoms with Crippen LogP contribution in [0.15, 0.2) is 35.1 Å². The van der Waals surface area contributed by atoms with Crippen molar-refractivity contribution in [3.63, 3.8) is 0 Å². The Hall–Kier alpha value is -2.51. The molecule has 3 aromatic rings. The number of fused-ring (bicyclic) bond motifs is 1. The predicted molar refractivity (Wildman–Crippen MR) is 124 cm³/mol. The molecule has 6 nitrogen and oxygen atoms in total. The summed E-state index contributed by atoms with van der Waals surface area (Å²) in [4.78, 5) is 34.0. The van der Waals surface area contributed by atoms with Crippen LogP contribution in [0.5, 0.6) is 0 Å². The van der Waals surface area contributed by atoms with Crippen LogP contribution in [-0.4, -0.2) is 35.1 Å². The number of H-pyrrole nitrogens is 1. The number of aryl methyl sites for hydroxylation is 1. The van der Waals surface area contributed by atoms with Crippen LogP contribution in [-0.2, 0) is 11.2 Å². The van der Waals surface area contributed by atoms with Crippen molar-refractivity contribution in [3.05, 3.63) is 62.5 Å². The van der Waals surface area contributed by atoms with Crippen LogP contribution in [0.4, 0.5) is 0 Å². The number of nitrogens with one attached hydrogen (secondary N) is 2. The van der Waals surface area contributed by atoms with Crippen LogP contribution in [0.1, 0.15) is 65.1 Å². The molecule has 0 bridgehead atoms. The highest BCUT2D eigenvalue weighted by molar-refractivity contribution is 7.20. The fraction of sp³-hybridized carbons (Fsp3) is 0.458. The van der Waals surface area contributed by atoms with Gasteiger partial charge in [-0.25, -0.2) is 4.98 Å². The number of hydrogen-bond acceptors (Lipinski definition) is 5. The molecule has 164 valence electrons. The normalized spacial score (nSPS) is 14.7. The van der Waals surface area contributed by atoms with Crippen LogP contribution >= 0.6 is 11.3 Å². The lowest BCUT2D eigenvalue weighted by atomic mass is 9.98. The number of benzene rings is 1. The first-order valence-corrected chi connectivity index (χ1v) is 11.9. The van der Waals surface area contributed by atoms with Gasteiger partial charge in [-0.2, -0.15) is 0 Å². The largest absolute Gasteiger partial charge is 0.378 e. The van der Waals surface area contributed by atoms with Crippen molar-refractivity contribution < 1.29 is 9.53 Å². The maximum Gasteiger partial charge on any atom is 0.261 e. The van der Waals surface area contributed by atoms with E-state index in [2.05, 4.69) is 15.3 Å². The van der Waals surface area contributed by atoms with Gasteiger partial charge in [-0.15, -0.1) is 11.3 Å². The summed E-state index contributed by atoms with van der Waals surface area (Å²) < 4.78 is 5.92. The molecule has 4 rings (SSSR count). The molecule has 31 heavy (non-hydrogen) atoms. The van der Waals surface area contributed by atoms with Gasteiger partial charge in [0.2, 0.25) is 0 Å². The van der Waals surface area contributed by atoms with Gasteiger partial charge < -0.3 is 15.0 Å². The molecule has 0 radical (unpaired) electrons. The van der Waals surface area contributed by atoms with Gasteiger partial charge >= 0.3 is 0 Å². The molecule has 1 aliphatic carbocycles. The molecule has 0 atom stereocenters. The van der Waals surface area contributed by atoms with Crippen LogP contribution in [0.3, 0.4) is 0 Å². The number of aromatic nitrogens is 2. The fourth-order valence-electron chi connectivity index (χ4n) is 4.11. The summed E-state index contributed by atoms with van der Waals surface area (Å²) in [5.41, 5.74) is 1.58. The molecule has 1 fully saturated rings. The Bertz CT molecular complexity index is 1080. The van der Waals surface area contributed by atoms with E-state index >= 15 is 0 Å². The molecule has 1 amide bonds.